The molecule has 0 aliphatic heterocycles. The van der Waals surface area contributed by atoms with Crippen LogP contribution in [0.2, 0.25) is 5.15 Å². The number of nitro benzene ring substituents is 1. The topological polar surface area (TPSA) is 65.3 Å². The molecule has 1 aromatic carbocycles. The van der Waals surface area contributed by atoms with Gasteiger partial charge in [-0.05, 0) is 24.6 Å². The van der Waals surface area contributed by atoms with Gasteiger partial charge >= 0.3 is 5.69 Å². The van der Waals surface area contributed by atoms with Crippen molar-refractivity contribution in [2.75, 3.05) is 0 Å². The Labute approximate surface area is 128 Å². The lowest BCUT2D eigenvalue weighted by Crippen LogP contribution is -2.02. The van der Waals surface area contributed by atoms with Gasteiger partial charge in [0.05, 0.1) is 4.92 Å². The number of aromatic nitrogens is 1. The van der Waals surface area contributed by atoms with Crippen molar-refractivity contribution in [2.45, 2.75) is 13.5 Å². The molecule has 2 aromatic rings. The number of nitrogens with zero attached hydrogens (tertiary/aromatic N) is 2. The summed E-state index contributed by atoms with van der Waals surface area (Å²) in [6.07, 6.45) is 1.57. The molecular weight excluding hydrogens is 348 g/mol. The zero-order valence-electron chi connectivity index (χ0n) is 10.5. The molecule has 0 unspecified atom stereocenters. The molecule has 0 saturated heterocycles. The largest absolute Gasteiger partial charge is 0.482 e. The highest BCUT2D eigenvalue weighted by Crippen LogP contribution is 2.34. The molecule has 0 aliphatic rings. The van der Waals surface area contributed by atoms with Crippen LogP contribution in [0, 0.1) is 17.0 Å². The highest BCUT2D eigenvalue weighted by Gasteiger charge is 2.19. The predicted octanol–water partition coefficient (Wildman–Crippen LogP) is 4.29. The lowest BCUT2D eigenvalue weighted by atomic mass is 10.2. The van der Waals surface area contributed by atoms with E-state index in [4.69, 9.17) is 16.3 Å². The van der Waals surface area contributed by atoms with E-state index in [0.717, 1.165) is 0 Å². The summed E-state index contributed by atoms with van der Waals surface area (Å²) < 4.78 is 6.20. The van der Waals surface area contributed by atoms with Gasteiger partial charge in [-0.3, -0.25) is 10.1 Å². The highest BCUT2D eigenvalue weighted by molar-refractivity contribution is 9.10. The summed E-state index contributed by atoms with van der Waals surface area (Å²) in [5, 5.41) is 11.4. The molecule has 0 saturated carbocycles. The Kier molecular flexibility index (Phi) is 4.57. The van der Waals surface area contributed by atoms with E-state index in [2.05, 4.69) is 20.9 Å². The van der Waals surface area contributed by atoms with Crippen LogP contribution in [-0.4, -0.2) is 9.91 Å². The summed E-state index contributed by atoms with van der Waals surface area (Å²) in [5.74, 6) is 0.234. The Morgan fingerprint density at radius 1 is 1.50 bits per heavy atom. The van der Waals surface area contributed by atoms with Crippen LogP contribution in [0.1, 0.15) is 11.1 Å². The van der Waals surface area contributed by atoms with Crippen molar-refractivity contribution in [1.82, 2.24) is 4.98 Å². The first-order chi connectivity index (χ1) is 9.49. The molecule has 5 nitrogen and oxygen atoms in total. The zero-order valence-corrected chi connectivity index (χ0v) is 12.8. The van der Waals surface area contributed by atoms with Crippen molar-refractivity contribution < 1.29 is 9.66 Å². The van der Waals surface area contributed by atoms with Crippen molar-refractivity contribution in [3.8, 4) is 5.75 Å². The first-order valence-electron chi connectivity index (χ1n) is 5.65. The number of pyridine rings is 1. The van der Waals surface area contributed by atoms with Gasteiger partial charge in [-0.2, -0.15) is 0 Å². The summed E-state index contributed by atoms with van der Waals surface area (Å²) in [4.78, 5) is 14.5. The first kappa shape index (κ1) is 14.7. The molecule has 0 spiro atoms. The third kappa shape index (κ3) is 3.26. The number of benzene rings is 1. The van der Waals surface area contributed by atoms with Crippen LogP contribution in [0.15, 0.2) is 34.9 Å². The Balaban J connectivity index is 2.30. The number of aryl methyl sites for hydroxylation is 1. The SMILES string of the molecule is Cc1cc(Br)cc([N+](=O)[O-])c1OCc1cccnc1Cl. The molecule has 0 fully saturated rings. The van der Waals surface area contributed by atoms with Crippen LogP contribution < -0.4 is 4.74 Å². The monoisotopic (exact) mass is 356 g/mol. The molecule has 0 amide bonds. The molecule has 1 heterocycles. The fraction of sp³-hybridized carbons (Fsp3) is 0.154. The predicted molar refractivity (Wildman–Crippen MR) is 79.1 cm³/mol. The fourth-order valence-corrected chi connectivity index (χ4v) is 2.45. The first-order valence-corrected chi connectivity index (χ1v) is 6.83. The van der Waals surface area contributed by atoms with Gasteiger partial charge in [-0.15, -0.1) is 0 Å². The van der Waals surface area contributed by atoms with Crippen molar-refractivity contribution >= 4 is 33.2 Å². The summed E-state index contributed by atoms with van der Waals surface area (Å²) in [5.41, 5.74) is 1.26. The number of nitro groups is 1. The summed E-state index contributed by atoms with van der Waals surface area (Å²) in [6, 6.07) is 6.66. The minimum Gasteiger partial charge on any atom is -0.482 e. The van der Waals surface area contributed by atoms with E-state index < -0.39 is 4.92 Å². The molecule has 0 N–H and O–H groups in total. The van der Waals surface area contributed by atoms with Crippen molar-refractivity contribution in [2.24, 2.45) is 0 Å². The molecule has 7 heteroatoms. The number of ether oxygens (including phenoxy) is 1. The Bertz CT molecular complexity index is 664. The third-order valence-corrected chi connectivity index (χ3v) is 3.42. The number of halogens is 2. The van der Waals surface area contributed by atoms with E-state index in [9.17, 15) is 10.1 Å². The quantitative estimate of drug-likeness (QED) is 0.465. The molecule has 104 valence electrons. The molecular formula is C13H10BrClN2O3. The van der Waals surface area contributed by atoms with Gasteiger partial charge in [0.15, 0.2) is 5.75 Å². The van der Waals surface area contributed by atoms with E-state index in [1.807, 2.05) is 0 Å². The van der Waals surface area contributed by atoms with Crippen molar-refractivity contribution in [3.05, 3.63) is 61.3 Å². The zero-order chi connectivity index (χ0) is 14.7. The lowest BCUT2D eigenvalue weighted by Gasteiger charge is -2.10. The van der Waals surface area contributed by atoms with Crippen LogP contribution in [0.5, 0.6) is 5.75 Å². The maximum atomic E-state index is 11.1. The number of rotatable bonds is 4. The van der Waals surface area contributed by atoms with Crippen molar-refractivity contribution in [1.29, 1.82) is 0 Å². The van der Waals surface area contributed by atoms with E-state index >= 15 is 0 Å². The van der Waals surface area contributed by atoms with Gasteiger partial charge in [0.1, 0.15) is 11.8 Å². The Morgan fingerprint density at radius 3 is 2.90 bits per heavy atom. The fourth-order valence-electron chi connectivity index (χ4n) is 1.71. The van der Waals surface area contributed by atoms with Gasteiger partial charge in [-0.25, -0.2) is 4.98 Å². The second-order valence-corrected chi connectivity index (χ2v) is 5.34. The number of hydrogen-bond acceptors (Lipinski definition) is 4. The Hall–Kier alpha value is -1.66. The van der Waals surface area contributed by atoms with Crippen LogP contribution >= 0.6 is 27.5 Å². The van der Waals surface area contributed by atoms with Gasteiger partial charge in [0, 0.05) is 22.3 Å². The van der Waals surface area contributed by atoms with Gasteiger partial charge in [0.2, 0.25) is 0 Å². The normalized spacial score (nSPS) is 10.3. The molecule has 0 atom stereocenters. The minimum atomic E-state index is -0.474. The smallest absolute Gasteiger partial charge is 0.312 e. The lowest BCUT2D eigenvalue weighted by molar-refractivity contribution is -0.386. The van der Waals surface area contributed by atoms with Crippen LogP contribution in [0.4, 0.5) is 5.69 Å². The average Bonchev–Trinajstić information content (AvgIpc) is 2.38. The van der Waals surface area contributed by atoms with E-state index in [-0.39, 0.29) is 18.0 Å². The second-order valence-electron chi connectivity index (χ2n) is 4.07. The van der Waals surface area contributed by atoms with Crippen LogP contribution in [0.3, 0.4) is 0 Å². The molecule has 0 aliphatic carbocycles. The molecule has 1 aromatic heterocycles. The minimum absolute atomic E-state index is 0.0862. The number of hydrogen-bond donors (Lipinski definition) is 0. The molecule has 0 bridgehead atoms. The summed E-state index contributed by atoms with van der Waals surface area (Å²) in [6.45, 7) is 1.87. The van der Waals surface area contributed by atoms with E-state index in [1.54, 1.807) is 31.3 Å². The second kappa shape index (κ2) is 6.19. The molecule has 2 rings (SSSR count). The molecule has 20 heavy (non-hydrogen) atoms. The summed E-state index contributed by atoms with van der Waals surface area (Å²) in [7, 11) is 0. The van der Waals surface area contributed by atoms with Crippen LogP contribution in [-0.2, 0) is 6.61 Å². The molecule has 0 radical (unpaired) electrons. The average molecular weight is 358 g/mol. The van der Waals surface area contributed by atoms with Crippen LogP contribution in [0.25, 0.3) is 0 Å². The van der Waals surface area contributed by atoms with Gasteiger partial charge in [-0.1, -0.05) is 33.6 Å². The van der Waals surface area contributed by atoms with E-state index in [0.29, 0.717) is 20.8 Å². The van der Waals surface area contributed by atoms with Crippen molar-refractivity contribution in [3.63, 3.8) is 0 Å². The summed E-state index contributed by atoms with van der Waals surface area (Å²) >= 11 is 9.16. The maximum Gasteiger partial charge on any atom is 0.312 e. The third-order valence-electron chi connectivity index (χ3n) is 2.62. The van der Waals surface area contributed by atoms with Gasteiger partial charge in [0.25, 0.3) is 0 Å². The maximum absolute atomic E-state index is 11.1. The highest BCUT2D eigenvalue weighted by atomic mass is 79.9. The Morgan fingerprint density at radius 2 is 2.25 bits per heavy atom. The van der Waals surface area contributed by atoms with E-state index in [1.165, 1.54) is 6.07 Å². The van der Waals surface area contributed by atoms with Gasteiger partial charge < -0.3 is 4.74 Å². The standard InChI is InChI=1S/C13H10BrClN2O3/c1-8-5-10(14)6-11(17(18)19)12(8)20-7-9-3-2-4-16-13(9)15/h2-6H,7H2,1H3.